The van der Waals surface area contributed by atoms with Crippen LogP contribution in [0.2, 0.25) is 0 Å². The second kappa shape index (κ2) is 5.82. The van der Waals surface area contributed by atoms with Crippen LogP contribution in [0.5, 0.6) is 0 Å². The lowest BCUT2D eigenvalue weighted by Crippen LogP contribution is -2.41. The van der Waals surface area contributed by atoms with Crippen molar-refractivity contribution < 1.29 is 4.79 Å². The van der Waals surface area contributed by atoms with Crippen LogP contribution in [0.3, 0.4) is 0 Å². The van der Waals surface area contributed by atoms with Crippen molar-refractivity contribution in [2.45, 2.75) is 19.8 Å². The van der Waals surface area contributed by atoms with Gasteiger partial charge in [-0.05, 0) is 44.8 Å². The molecule has 1 aromatic rings. The predicted molar refractivity (Wildman–Crippen MR) is 65.8 cm³/mol. The number of hydrogen-bond donors (Lipinski definition) is 2. The van der Waals surface area contributed by atoms with Gasteiger partial charge in [0.25, 0.3) is 5.91 Å². The van der Waals surface area contributed by atoms with E-state index in [9.17, 15) is 4.79 Å². The number of H-pyrrole nitrogens is 1. The number of aromatic amines is 1. The third-order valence-electron chi connectivity index (χ3n) is 3.28. The van der Waals surface area contributed by atoms with E-state index >= 15 is 0 Å². The van der Waals surface area contributed by atoms with E-state index in [0.29, 0.717) is 11.6 Å². The quantitative estimate of drug-likeness (QED) is 0.815. The monoisotopic (exact) mass is 236 g/mol. The number of rotatable bonds is 4. The first-order chi connectivity index (χ1) is 8.31. The van der Waals surface area contributed by atoms with E-state index in [1.165, 1.54) is 12.8 Å². The van der Waals surface area contributed by atoms with Gasteiger partial charge in [-0.25, -0.2) is 0 Å². The maximum absolute atomic E-state index is 12.1. The van der Waals surface area contributed by atoms with Gasteiger partial charge in [-0.3, -0.25) is 9.89 Å². The van der Waals surface area contributed by atoms with Crippen LogP contribution in [0.4, 0.5) is 0 Å². The Hall–Kier alpha value is -1.36. The molecule has 2 N–H and O–H groups in total. The van der Waals surface area contributed by atoms with E-state index in [1.54, 1.807) is 12.3 Å². The molecule has 5 heteroatoms. The topological polar surface area (TPSA) is 61.0 Å². The Morgan fingerprint density at radius 1 is 1.65 bits per heavy atom. The molecule has 1 saturated heterocycles. The summed E-state index contributed by atoms with van der Waals surface area (Å²) in [5.74, 6) is 0.631. The molecular formula is C12H20N4O. The predicted octanol–water partition coefficient (Wildman–Crippen LogP) is 0.871. The highest BCUT2D eigenvalue weighted by atomic mass is 16.2. The summed E-state index contributed by atoms with van der Waals surface area (Å²) in [6.07, 6.45) is 4.03. The van der Waals surface area contributed by atoms with Gasteiger partial charge in [-0.1, -0.05) is 0 Å². The minimum Gasteiger partial charge on any atom is -0.337 e. The Morgan fingerprint density at radius 3 is 3.12 bits per heavy atom. The molecule has 0 bridgehead atoms. The lowest BCUT2D eigenvalue weighted by atomic mass is 9.99. The van der Waals surface area contributed by atoms with Gasteiger partial charge >= 0.3 is 0 Å². The summed E-state index contributed by atoms with van der Waals surface area (Å²) in [6.45, 7) is 5.73. The van der Waals surface area contributed by atoms with Crippen LogP contribution in [0.25, 0.3) is 0 Å². The summed E-state index contributed by atoms with van der Waals surface area (Å²) in [6, 6.07) is 1.73. The lowest BCUT2D eigenvalue weighted by Gasteiger charge is -2.29. The van der Waals surface area contributed by atoms with Gasteiger partial charge in [-0.15, -0.1) is 0 Å². The molecule has 0 aromatic carbocycles. The number of hydrogen-bond acceptors (Lipinski definition) is 3. The minimum atomic E-state index is 0.0515. The molecule has 0 radical (unpaired) electrons. The Bertz CT molecular complexity index is 343. The molecule has 0 saturated carbocycles. The van der Waals surface area contributed by atoms with E-state index in [0.717, 1.165) is 26.2 Å². The zero-order valence-corrected chi connectivity index (χ0v) is 10.3. The largest absolute Gasteiger partial charge is 0.337 e. The fourth-order valence-electron chi connectivity index (χ4n) is 2.29. The molecule has 0 aliphatic carbocycles. The standard InChI is InChI=1S/C12H20N4O/c1-2-16(9-10-4-3-6-13-8-10)12(17)11-5-7-14-15-11/h5,7,10,13H,2-4,6,8-9H2,1H3,(H,14,15). The summed E-state index contributed by atoms with van der Waals surface area (Å²) in [5, 5.41) is 9.93. The van der Waals surface area contributed by atoms with Gasteiger partial charge in [0, 0.05) is 19.3 Å². The number of carbonyl (C=O) groups excluding carboxylic acids is 1. The highest BCUT2D eigenvalue weighted by Gasteiger charge is 2.21. The highest BCUT2D eigenvalue weighted by molar-refractivity contribution is 5.92. The molecule has 1 amide bonds. The number of nitrogens with one attached hydrogen (secondary N) is 2. The van der Waals surface area contributed by atoms with Gasteiger partial charge in [-0.2, -0.15) is 5.10 Å². The van der Waals surface area contributed by atoms with E-state index in [-0.39, 0.29) is 5.91 Å². The zero-order valence-electron chi connectivity index (χ0n) is 10.3. The fraction of sp³-hybridized carbons (Fsp3) is 0.667. The van der Waals surface area contributed by atoms with Crippen molar-refractivity contribution in [3.05, 3.63) is 18.0 Å². The first-order valence-corrected chi connectivity index (χ1v) is 6.30. The van der Waals surface area contributed by atoms with Crippen LogP contribution < -0.4 is 5.32 Å². The van der Waals surface area contributed by atoms with E-state index in [4.69, 9.17) is 0 Å². The molecule has 1 aromatic heterocycles. The molecular weight excluding hydrogens is 216 g/mol. The number of aromatic nitrogens is 2. The van der Waals surface area contributed by atoms with Crippen molar-refractivity contribution >= 4 is 5.91 Å². The summed E-state index contributed by atoms with van der Waals surface area (Å²) >= 11 is 0. The van der Waals surface area contributed by atoms with Crippen molar-refractivity contribution in [3.63, 3.8) is 0 Å². The van der Waals surface area contributed by atoms with Crippen LogP contribution in [0.15, 0.2) is 12.3 Å². The van der Waals surface area contributed by atoms with Crippen molar-refractivity contribution in [1.29, 1.82) is 0 Å². The first kappa shape index (κ1) is 12.1. The summed E-state index contributed by atoms with van der Waals surface area (Å²) < 4.78 is 0. The SMILES string of the molecule is CCN(CC1CCCNC1)C(=O)c1ccn[nH]1. The van der Waals surface area contributed by atoms with E-state index < -0.39 is 0 Å². The molecule has 0 spiro atoms. The van der Waals surface area contributed by atoms with Crippen LogP contribution in [0, 0.1) is 5.92 Å². The molecule has 1 unspecified atom stereocenters. The average Bonchev–Trinajstić information content (AvgIpc) is 2.90. The molecule has 1 aliphatic rings. The normalized spacial score (nSPS) is 20.2. The van der Waals surface area contributed by atoms with E-state index in [1.807, 2.05) is 11.8 Å². The zero-order chi connectivity index (χ0) is 12.1. The Labute approximate surface area is 102 Å². The third-order valence-corrected chi connectivity index (χ3v) is 3.28. The van der Waals surface area contributed by atoms with Gasteiger partial charge in [0.2, 0.25) is 0 Å². The molecule has 1 fully saturated rings. The summed E-state index contributed by atoms with van der Waals surface area (Å²) in [4.78, 5) is 14.0. The minimum absolute atomic E-state index is 0.0515. The lowest BCUT2D eigenvalue weighted by molar-refractivity contribution is 0.0723. The summed E-state index contributed by atoms with van der Waals surface area (Å²) in [7, 11) is 0. The fourth-order valence-corrected chi connectivity index (χ4v) is 2.29. The number of piperidine rings is 1. The highest BCUT2D eigenvalue weighted by Crippen LogP contribution is 2.13. The van der Waals surface area contributed by atoms with Gasteiger partial charge in [0.05, 0.1) is 0 Å². The van der Waals surface area contributed by atoms with E-state index in [2.05, 4.69) is 15.5 Å². The van der Waals surface area contributed by atoms with Crippen LogP contribution in [-0.2, 0) is 0 Å². The molecule has 1 aliphatic heterocycles. The van der Waals surface area contributed by atoms with Crippen molar-refractivity contribution in [1.82, 2.24) is 20.4 Å². The number of nitrogens with zero attached hydrogens (tertiary/aromatic N) is 2. The molecule has 17 heavy (non-hydrogen) atoms. The van der Waals surface area contributed by atoms with Crippen LogP contribution >= 0.6 is 0 Å². The second-order valence-corrected chi connectivity index (χ2v) is 4.53. The molecule has 5 nitrogen and oxygen atoms in total. The van der Waals surface area contributed by atoms with Crippen molar-refractivity contribution in [2.24, 2.45) is 5.92 Å². The van der Waals surface area contributed by atoms with Gasteiger partial charge < -0.3 is 10.2 Å². The second-order valence-electron chi connectivity index (χ2n) is 4.53. The van der Waals surface area contributed by atoms with Gasteiger partial charge in [0.15, 0.2) is 0 Å². The molecule has 1 atom stereocenters. The summed E-state index contributed by atoms with van der Waals surface area (Å²) in [5.41, 5.74) is 0.579. The van der Waals surface area contributed by atoms with Crippen molar-refractivity contribution in [2.75, 3.05) is 26.2 Å². The Morgan fingerprint density at radius 2 is 2.53 bits per heavy atom. The Balaban J connectivity index is 1.93. The number of carbonyl (C=O) groups is 1. The molecule has 2 rings (SSSR count). The maximum Gasteiger partial charge on any atom is 0.271 e. The van der Waals surface area contributed by atoms with Gasteiger partial charge in [0.1, 0.15) is 5.69 Å². The van der Waals surface area contributed by atoms with Crippen molar-refractivity contribution in [3.8, 4) is 0 Å². The smallest absolute Gasteiger partial charge is 0.271 e. The molecule has 94 valence electrons. The van der Waals surface area contributed by atoms with Crippen LogP contribution in [-0.4, -0.2) is 47.2 Å². The number of amides is 1. The third kappa shape index (κ3) is 3.06. The average molecular weight is 236 g/mol. The Kier molecular flexibility index (Phi) is 4.14. The molecule has 2 heterocycles. The maximum atomic E-state index is 12.1. The van der Waals surface area contributed by atoms with Crippen LogP contribution in [0.1, 0.15) is 30.3 Å². The first-order valence-electron chi connectivity index (χ1n) is 6.30.